The zero-order valence-electron chi connectivity index (χ0n) is 9.81. The smallest absolute Gasteiger partial charge is 0.257 e. The number of nitrogen functional groups attached to an aromatic ring is 1. The summed E-state index contributed by atoms with van der Waals surface area (Å²) in [5.41, 5.74) is 6.48. The molecule has 7 heteroatoms. The summed E-state index contributed by atoms with van der Waals surface area (Å²) in [5.74, 6) is 1.68. The van der Waals surface area contributed by atoms with Crippen molar-refractivity contribution in [2.45, 2.75) is 10.8 Å². The Morgan fingerprint density at radius 1 is 1.26 bits per heavy atom. The first-order valence-electron chi connectivity index (χ1n) is 5.52. The van der Waals surface area contributed by atoms with Crippen LogP contribution in [0.25, 0.3) is 10.8 Å². The van der Waals surface area contributed by atoms with Crippen LogP contribution in [0.4, 0.5) is 5.69 Å². The summed E-state index contributed by atoms with van der Waals surface area (Å²) < 4.78 is 5.59. The van der Waals surface area contributed by atoms with E-state index in [1.54, 1.807) is 23.6 Å². The lowest BCUT2D eigenvalue weighted by molar-refractivity contribution is 0.529. The van der Waals surface area contributed by atoms with Crippen molar-refractivity contribution in [1.29, 1.82) is 0 Å². The van der Waals surface area contributed by atoms with E-state index in [1.165, 1.54) is 11.8 Å². The maximum atomic E-state index is 5.82. The van der Waals surface area contributed by atoms with Crippen LogP contribution in [0.2, 0.25) is 0 Å². The molecule has 0 atom stereocenters. The van der Waals surface area contributed by atoms with Crippen LogP contribution in [0.15, 0.2) is 45.3 Å². The summed E-state index contributed by atoms with van der Waals surface area (Å²) in [5, 5.41) is 10.8. The fourth-order valence-electron chi connectivity index (χ4n) is 1.47. The number of nitrogens with two attached hydrogens (primary N) is 1. The second-order valence-corrected chi connectivity index (χ2v) is 5.58. The average molecular weight is 290 g/mol. The van der Waals surface area contributed by atoms with Crippen molar-refractivity contribution in [3.63, 3.8) is 0 Å². The van der Waals surface area contributed by atoms with Gasteiger partial charge in [0.1, 0.15) is 5.03 Å². The fourth-order valence-corrected chi connectivity index (χ4v) is 2.86. The molecule has 3 aromatic rings. The molecule has 0 aliphatic rings. The van der Waals surface area contributed by atoms with Crippen LogP contribution in [0.3, 0.4) is 0 Å². The predicted molar refractivity (Wildman–Crippen MR) is 75.8 cm³/mol. The summed E-state index contributed by atoms with van der Waals surface area (Å²) in [6.07, 6.45) is 1.71. The van der Waals surface area contributed by atoms with E-state index in [1.807, 2.05) is 23.6 Å². The predicted octanol–water partition coefficient (Wildman–Crippen LogP) is 3.07. The molecule has 3 aromatic heterocycles. The largest absolute Gasteiger partial charge is 0.419 e. The third-order valence-electron chi connectivity index (χ3n) is 2.33. The van der Waals surface area contributed by atoms with Gasteiger partial charge in [0.25, 0.3) is 5.89 Å². The molecule has 0 saturated heterocycles. The van der Waals surface area contributed by atoms with Crippen LogP contribution in [-0.4, -0.2) is 15.2 Å². The molecule has 0 bridgehead atoms. The van der Waals surface area contributed by atoms with Crippen molar-refractivity contribution in [2.24, 2.45) is 0 Å². The van der Waals surface area contributed by atoms with Crippen LogP contribution in [0, 0.1) is 0 Å². The van der Waals surface area contributed by atoms with Crippen LogP contribution >= 0.6 is 23.1 Å². The van der Waals surface area contributed by atoms with Gasteiger partial charge < -0.3 is 10.2 Å². The van der Waals surface area contributed by atoms with Crippen molar-refractivity contribution < 1.29 is 4.42 Å². The normalized spacial score (nSPS) is 10.7. The summed E-state index contributed by atoms with van der Waals surface area (Å²) >= 11 is 3.05. The van der Waals surface area contributed by atoms with E-state index in [2.05, 4.69) is 15.2 Å². The van der Waals surface area contributed by atoms with E-state index in [0.29, 0.717) is 23.2 Å². The average Bonchev–Trinajstić information content (AvgIpc) is 3.09. The highest BCUT2D eigenvalue weighted by Crippen LogP contribution is 2.27. The maximum Gasteiger partial charge on any atom is 0.257 e. The Labute approximate surface area is 117 Å². The number of thiophene rings is 1. The Bertz CT molecular complexity index is 666. The van der Waals surface area contributed by atoms with Crippen LogP contribution in [-0.2, 0) is 5.75 Å². The molecule has 0 radical (unpaired) electrons. The summed E-state index contributed by atoms with van der Waals surface area (Å²) in [7, 11) is 0. The first-order chi connectivity index (χ1) is 9.33. The Morgan fingerprint density at radius 3 is 3.00 bits per heavy atom. The lowest BCUT2D eigenvalue weighted by Gasteiger charge is -2.00. The van der Waals surface area contributed by atoms with Crippen LogP contribution < -0.4 is 5.73 Å². The number of aromatic nitrogens is 3. The second kappa shape index (κ2) is 5.41. The molecule has 5 nitrogen and oxygen atoms in total. The molecule has 96 valence electrons. The zero-order valence-corrected chi connectivity index (χ0v) is 11.4. The topological polar surface area (TPSA) is 77.8 Å². The summed E-state index contributed by atoms with van der Waals surface area (Å²) in [6.45, 7) is 0. The summed E-state index contributed by atoms with van der Waals surface area (Å²) in [4.78, 5) is 5.17. The van der Waals surface area contributed by atoms with Crippen molar-refractivity contribution in [3.8, 4) is 10.8 Å². The van der Waals surface area contributed by atoms with Gasteiger partial charge in [-0.2, -0.15) is 0 Å². The minimum atomic E-state index is 0.555. The molecule has 19 heavy (non-hydrogen) atoms. The highest BCUT2D eigenvalue weighted by Gasteiger charge is 2.10. The lowest BCUT2D eigenvalue weighted by Crippen LogP contribution is -1.91. The summed E-state index contributed by atoms with van der Waals surface area (Å²) in [6, 6.07) is 7.53. The van der Waals surface area contributed by atoms with Gasteiger partial charge in [0, 0.05) is 6.20 Å². The van der Waals surface area contributed by atoms with E-state index in [9.17, 15) is 0 Å². The molecular formula is C12H10N4OS2. The molecule has 0 amide bonds. The number of thioether (sulfide) groups is 1. The van der Waals surface area contributed by atoms with Gasteiger partial charge >= 0.3 is 0 Å². The number of hydrogen-bond acceptors (Lipinski definition) is 7. The van der Waals surface area contributed by atoms with Gasteiger partial charge in [-0.15, -0.1) is 21.5 Å². The zero-order chi connectivity index (χ0) is 13.1. The SMILES string of the molecule is Nc1cccnc1SCc1nnc(-c2cccs2)o1. The molecule has 0 unspecified atom stereocenters. The van der Waals surface area contributed by atoms with Crippen molar-refractivity contribution >= 4 is 28.8 Å². The molecule has 3 heterocycles. The van der Waals surface area contributed by atoms with Crippen molar-refractivity contribution in [3.05, 3.63) is 41.7 Å². The standard InChI is InChI=1S/C12H10N4OS2/c13-8-3-1-5-14-12(8)19-7-10-15-16-11(17-10)9-4-2-6-18-9/h1-6H,7,13H2. The van der Waals surface area contributed by atoms with Gasteiger partial charge in [0.2, 0.25) is 5.89 Å². The quantitative estimate of drug-likeness (QED) is 0.744. The molecule has 0 fully saturated rings. The first kappa shape index (κ1) is 12.2. The third-order valence-corrected chi connectivity index (χ3v) is 4.20. The number of rotatable bonds is 4. The number of nitrogens with zero attached hydrogens (tertiary/aromatic N) is 3. The molecule has 0 saturated carbocycles. The molecule has 0 aliphatic heterocycles. The highest BCUT2D eigenvalue weighted by molar-refractivity contribution is 7.98. The molecule has 2 N–H and O–H groups in total. The van der Waals surface area contributed by atoms with Crippen molar-refractivity contribution in [2.75, 3.05) is 5.73 Å². The van der Waals surface area contributed by atoms with Crippen LogP contribution in [0.1, 0.15) is 5.89 Å². The van der Waals surface area contributed by atoms with Crippen molar-refractivity contribution in [1.82, 2.24) is 15.2 Å². The lowest BCUT2D eigenvalue weighted by atomic mass is 10.4. The van der Waals surface area contributed by atoms with E-state index in [4.69, 9.17) is 10.2 Å². The van der Waals surface area contributed by atoms with Gasteiger partial charge in [-0.3, -0.25) is 0 Å². The second-order valence-electron chi connectivity index (χ2n) is 3.66. The third kappa shape index (κ3) is 2.77. The highest BCUT2D eigenvalue weighted by atomic mass is 32.2. The fraction of sp³-hybridized carbons (Fsp3) is 0.0833. The van der Waals surface area contributed by atoms with E-state index >= 15 is 0 Å². The molecule has 3 rings (SSSR count). The monoisotopic (exact) mass is 290 g/mol. The Kier molecular flexibility index (Phi) is 3.47. The number of pyridine rings is 1. The Hall–Kier alpha value is -1.86. The minimum absolute atomic E-state index is 0.555. The Balaban J connectivity index is 1.70. The number of hydrogen-bond donors (Lipinski definition) is 1. The minimum Gasteiger partial charge on any atom is -0.419 e. The molecular weight excluding hydrogens is 280 g/mol. The van der Waals surface area contributed by atoms with Crippen LogP contribution in [0.5, 0.6) is 0 Å². The van der Waals surface area contributed by atoms with E-state index in [-0.39, 0.29) is 0 Å². The van der Waals surface area contributed by atoms with Gasteiger partial charge in [0.15, 0.2) is 0 Å². The van der Waals surface area contributed by atoms with Gasteiger partial charge in [-0.1, -0.05) is 17.8 Å². The molecule has 0 aromatic carbocycles. The maximum absolute atomic E-state index is 5.82. The number of anilines is 1. The Morgan fingerprint density at radius 2 is 2.21 bits per heavy atom. The van der Waals surface area contributed by atoms with E-state index < -0.39 is 0 Å². The van der Waals surface area contributed by atoms with E-state index in [0.717, 1.165) is 9.90 Å². The first-order valence-corrected chi connectivity index (χ1v) is 7.39. The van der Waals surface area contributed by atoms with Gasteiger partial charge in [-0.25, -0.2) is 4.98 Å². The van der Waals surface area contributed by atoms with Gasteiger partial charge in [-0.05, 0) is 23.6 Å². The van der Waals surface area contributed by atoms with Gasteiger partial charge in [0.05, 0.1) is 16.3 Å². The molecule has 0 aliphatic carbocycles. The molecule has 0 spiro atoms.